The number of aromatic nitrogens is 3. The molecule has 0 amide bonds. The van der Waals surface area contributed by atoms with Crippen LogP contribution < -0.4 is 5.73 Å². The van der Waals surface area contributed by atoms with Crippen LogP contribution in [0.25, 0.3) is 0 Å². The number of nitrogens with two attached hydrogens (primary N) is 1. The molecule has 2 aromatic rings. The monoisotopic (exact) mass is 462 g/mol. The molecule has 1 aliphatic rings. The van der Waals surface area contributed by atoms with E-state index < -0.39 is 0 Å². The van der Waals surface area contributed by atoms with Gasteiger partial charge >= 0.3 is 0 Å². The van der Waals surface area contributed by atoms with Crippen LogP contribution in [0.15, 0.2) is 35.6 Å². The van der Waals surface area contributed by atoms with Crippen molar-refractivity contribution in [2.45, 2.75) is 13.1 Å². The molecule has 0 aliphatic carbocycles. The maximum atomic E-state index is 13.2. The highest BCUT2D eigenvalue weighted by Gasteiger charge is 2.12. The zero-order valence-corrected chi connectivity index (χ0v) is 16.3. The Balaban J connectivity index is 0.00000208. The maximum absolute atomic E-state index is 13.2. The maximum Gasteiger partial charge on any atom is 0.191 e. The van der Waals surface area contributed by atoms with Crippen molar-refractivity contribution in [1.29, 1.82) is 0 Å². The highest BCUT2D eigenvalue weighted by molar-refractivity contribution is 14.0. The molecule has 1 aliphatic heterocycles. The number of nitrogens with zero attached hydrogens (tertiary/aromatic N) is 5. The smallest absolute Gasteiger partial charge is 0.191 e. The Morgan fingerprint density at radius 3 is 2.88 bits per heavy atom. The standard InChI is InChI=1S/C15H19FN6S.HI/c16-13-3-1-2-12(8-13)10-22-11-19-14(20-22)9-18-15(17)21-4-6-23-7-5-21;/h1-3,8,11H,4-7,9-10H2,(H2,17,18);1H. The summed E-state index contributed by atoms with van der Waals surface area (Å²) < 4.78 is 14.9. The summed E-state index contributed by atoms with van der Waals surface area (Å²) in [5, 5.41) is 4.35. The minimum Gasteiger partial charge on any atom is -0.370 e. The van der Waals surface area contributed by atoms with Crippen molar-refractivity contribution in [3.8, 4) is 0 Å². The lowest BCUT2D eigenvalue weighted by Crippen LogP contribution is -2.42. The number of thioether (sulfide) groups is 1. The van der Waals surface area contributed by atoms with E-state index in [9.17, 15) is 4.39 Å². The summed E-state index contributed by atoms with van der Waals surface area (Å²) >= 11 is 1.93. The minimum atomic E-state index is -0.250. The lowest BCUT2D eigenvalue weighted by molar-refractivity contribution is 0.455. The molecule has 1 fully saturated rings. The first kappa shape index (κ1) is 19.0. The molecule has 24 heavy (non-hydrogen) atoms. The topological polar surface area (TPSA) is 72.3 Å². The van der Waals surface area contributed by atoms with Gasteiger partial charge < -0.3 is 10.6 Å². The number of hydrogen-bond acceptors (Lipinski definition) is 4. The summed E-state index contributed by atoms with van der Waals surface area (Å²) in [6.45, 7) is 2.70. The molecular formula is C15H20FIN6S. The minimum absolute atomic E-state index is 0. The van der Waals surface area contributed by atoms with Crippen LogP contribution in [0.5, 0.6) is 0 Å². The van der Waals surface area contributed by atoms with E-state index in [1.807, 2.05) is 17.8 Å². The average molecular weight is 462 g/mol. The molecule has 0 unspecified atom stereocenters. The Morgan fingerprint density at radius 2 is 2.12 bits per heavy atom. The molecule has 0 radical (unpaired) electrons. The van der Waals surface area contributed by atoms with Crippen molar-refractivity contribution in [3.63, 3.8) is 0 Å². The first-order chi connectivity index (χ1) is 11.2. The van der Waals surface area contributed by atoms with Gasteiger partial charge in [-0.3, -0.25) is 0 Å². The molecule has 130 valence electrons. The first-order valence-electron chi connectivity index (χ1n) is 7.46. The van der Waals surface area contributed by atoms with Gasteiger partial charge in [0.15, 0.2) is 11.8 Å². The van der Waals surface area contributed by atoms with Crippen LogP contribution in [-0.4, -0.2) is 50.2 Å². The van der Waals surface area contributed by atoms with Gasteiger partial charge in [0.1, 0.15) is 18.7 Å². The van der Waals surface area contributed by atoms with Crippen LogP contribution >= 0.6 is 35.7 Å². The van der Waals surface area contributed by atoms with Crippen molar-refractivity contribution in [1.82, 2.24) is 19.7 Å². The van der Waals surface area contributed by atoms with Gasteiger partial charge in [0.2, 0.25) is 0 Å². The number of benzene rings is 1. The molecule has 0 spiro atoms. The van der Waals surface area contributed by atoms with Crippen LogP contribution in [-0.2, 0) is 13.1 Å². The van der Waals surface area contributed by atoms with Gasteiger partial charge in [0, 0.05) is 24.6 Å². The Kier molecular flexibility index (Phi) is 7.28. The summed E-state index contributed by atoms with van der Waals surface area (Å²) in [6, 6.07) is 6.46. The van der Waals surface area contributed by atoms with Crippen LogP contribution in [0.2, 0.25) is 0 Å². The zero-order valence-electron chi connectivity index (χ0n) is 13.1. The quantitative estimate of drug-likeness (QED) is 0.427. The van der Waals surface area contributed by atoms with Gasteiger partial charge in [0.25, 0.3) is 0 Å². The van der Waals surface area contributed by atoms with Gasteiger partial charge in [-0.15, -0.1) is 24.0 Å². The van der Waals surface area contributed by atoms with Crippen molar-refractivity contribution in [2.75, 3.05) is 24.6 Å². The van der Waals surface area contributed by atoms with Gasteiger partial charge in [0.05, 0.1) is 6.54 Å². The normalized spacial score (nSPS) is 15.2. The number of hydrogen-bond donors (Lipinski definition) is 1. The molecule has 1 saturated heterocycles. The van der Waals surface area contributed by atoms with Crippen LogP contribution in [0.4, 0.5) is 4.39 Å². The van der Waals surface area contributed by atoms with E-state index in [0.717, 1.165) is 30.2 Å². The molecular weight excluding hydrogens is 442 g/mol. The van der Waals surface area contributed by atoms with Gasteiger partial charge in [-0.1, -0.05) is 12.1 Å². The molecule has 0 saturated carbocycles. The zero-order chi connectivity index (χ0) is 16.1. The lowest BCUT2D eigenvalue weighted by Gasteiger charge is -2.27. The fraction of sp³-hybridized carbons (Fsp3) is 0.400. The van der Waals surface area contributed by atoms with E-state index in [2.05, 4.69) is 20.0 Å². The molecule has 3 rings (SSSR count). The first-order valence-corrected chi connectivity index (χ1v) is 8.61. The molecule has 0 atom stereocenters. The average Bonchev–Trinajstić information content (AvgIpc) is 3.01. The summed E-state index contributed by atoms with van der Waals surface area (Å²) in [5.41, 5.74) is 6.85. The SMILES string of the molecule is I.NC(=NCc1ncn(Cc2cccc(F)c2)n1)N1CCSCC1. The Morgan fingerprint density at radius 1 is 1.33 bits per heavy atom. The number of aliphatic imine (C=N–C) groups is 1. The van der Waals surface area contributed by atoms with Crippen LogP contribution in [0, 0.1) is 5.82 Å². The second-order valence-electron chi connectivity index (χ2n) is 5.26. The van der Waals surface area contributed by atoms with E-state index >= 15 is 0 Å². The van der Waals surface area contributed by atoms with Gasteiger partial charge in [-0.25, -0.2) is 19.0 Å². The van der Waals surface area contributed by atoms with Crippen molar-refractivity contribution >= 4 is 41.7 Å². The third-order valence-electron chi connectivity index (χ3n) is 3.54. The van der Waals surface area contributed by atoms with Crippen molar-refractivity contribution < 1.29 is 4.39 Å². The third-order valence-corrected chi connectivity index (χ3v) is 4.48. The molecule has 1 aromatic heterocycles. The highest BCUT2D eigenvalue weighted by atomic mass is 127. The summed E-state index contributed by atoms with van der Waals surface area (Å²) in [4.78, 5) is 10.7. The van der Waals surface area contributed by atoms with Crippen molar-refractivity contribution in [3.05, 3.63) is 47.8 Å². The predicted octanol–water partition coefficient (Wildman–Crippen LogP) is 1.95. The Hall–Kier alpha value is -1.36. The number of halogens is 2. The van der Waals surface area contributed by atoms with E-state index in [4.69, 9.17) is 5.73 Å². The van der Waals surface area contributed by atoms with E-state index in [0.29, 0.717) is 24.9 Å². The molecule has 1 aromatic carbocycles. The fourth-order valence-corrected chi connectivity index (χ4v) is 3.25. The largest absolute Gasteiger partial charge is 0.370 e. The third kappa shape index (κ3) is 5.33. The van der Waals surface area contributed by atoms with Crippen molar-refractivity contribution in [2.24, 2.45) is 10.7 Å². The highest BCUT2D eigenvalue weighted by Crippen LogP contribution is 2.09. The Bertz CT molecular complexity index is 686. The Labute approximate surface area is 161 Å². The molecule has 2 N–H and O–H groups in total. The van der Waals surface area contributed by atoms with E-state index in [1.165, 1.54) is 12.1 Å². The van der Waals surface area contributed by atoms with E-state index in [1.54, 1.807) is 17.1 Å². The number of guanidine groups is 1. The van der Waals surface area contributed by atoms with Gasteiger partial charge in [-0.2, -0.15) is 16.9 Å². The summed E-state index contributed by atoms with van der Waals surface area (Å²) in [5.74, 6) is 3.07. The second kappa shape index (κ2) is 9.21. The summed E-state index contributed by atoms with van der Waals surface area (Å²) in [7, 11) is 0. The number of rotatable bonds is 4. The molecule has 9 heteroatoms. The molecule has 2 heterocycles. The lowest BCUT2D eigenvalue weighted by atomic mass is 10.2. The fourth-order valence-electron chi connectivity index (χ4n) is 2.35. The second-order valence-corrected chi connectivity index (χ2v) is 6.49. The van der Waals surface area contributed by atoms with Gasteiger partial charge in [-0.05, 0) is 17.7 Å². The molecule has 0 bridgehead atoms. The summed E-state index contributed by atoms with van der Waals surface area (Å²) in [6.07, 6.45) is 1.63. The van der Waals surface area contributed by atoms with E-state index in [-0.39, 0.29) is 29.8 Å². The molecule has 6 nitrogen and oxygen atoms in total. The van der Waals surface area contributed by atoms with Crippen LogP contribution in [0.1, 0.15) is 11.4 Å². The van der Waals surface area contributed by atoms with Crippen LogP contribution in [0.3, 0.4) is 0 Å². The predicted molar refractivity (Wildman–Crippen MR) is 105 cm³/mol.